The number of rotatable bonds is 0. The number of benzene rings is 1. The van der Waals surface area contributed by atoms with Crippen LogP contribution in [0.4, 0.5) is 0 Å². The van der Waals surface area contributed by atoms with Crippen molar-refractivity contribution in [2.24, 2.45) is 5.73 Å². The second-order valence-electron chi connectivity index (χ2n) is 2.82. The summed E-state index contributed by atoms with van der Waals surface area (Å²) in [6, 6.07) is 7.74. The van der Waals surface area contributed by atoms with Crippen molar-refractivity contribution in [3.8, 4) is 5.75 Å². The van der Waals surface area contributed by atoms with Gasteiger partial charge >= 0.3 is 0 Å². The van der Waals surface area contributed by atoms with Crippen molar-refractivity contribution in [2.45, 2.75) is 12.5 Å². The molecule has 1 aromatic rings. The molecular formula is C9H9NOS. The van der Waals surface area contributed by atoms with Gasteiger partial charge in [0.1, 0.15) is 5.75 Å². The molecule has 1 aromatic carbocycles. The van der Waals surface area contributed by atoms with Crippen LogP contribution in [0, 0.1) is 0 Å². The van der Waals surface area contributed by atoms with Crippen LogP contribution in [0.2, 0.25) is 0 Å². The monoisotopic (exact) mass is 179 g/mol. The van der Waals surface area contributed by atoms with Gasteiger partial charge in [0.25, 0.3) is 0 Å². The van der Waals surface area contributed by atoms with Gasteiger partial charge in [0, 0.05) is 18.0 Å². The number of thiocarbonyl (C=S) groups is 1. The molecule has 1 aliphatic heterocycles. The molecule has 0 amide bonds. The fraction of sp³-hybridized carbons (Fsp3) is 0.222. The van der Waals surface area contributed by atoms with Gasteiger partial charge in [-0.05, 0) is 18.3 Å². The minimum atomic E-state index is 0.00227. The van der Waals surface area contributed by atoms with E-state index >= 15 is 0 Å². The summed E-state index contributed by atoms with van der Waals surface area (Å²) >= 11 is 4.96. The molecule has 1 atom stereocenters. The summed E-state index contributed by atoms with van der Waals surface area (Å²) in [6.07, 6.45) is 0.645. The lowest BCUT2D eigenvalue weighted by Crippen LogP contribution is -2.23. The molecule has 0 bridgehead atoms. The lowest BCUT2D eigenvalue weighted by atomic mass is 10.0. The molecule has 0 aliphatic carbocycles. The standard InChI is InChI=1S/C9H9NOS/c10-7-5-9(12)11-8-4-2-1-3-6(7)8/h1-4,7H,5,10H2. The van der Waals surface area contributed by atoms with E-state index in [1.54, 1.807) is 0 Å². The van der Waals surface area contributed by atoms with Gasteiger partial charge in [-0.3, -0.25) is 0 Å². The molecular weight excluding hydrogens is 170 g/mol. The van der Waals surface area contributed by atoms with Crippen LogP contribution in [0.15, 0.2) is 24.3 Å². The maximum absolute atomic E-state index is 5.87. The zero-order valence-corrected chi connectivity index (χ0v) is 7.30. The van der Waals surface area contributed by atoms with E-state index in [4.69, 9.17) is 22.7 Å². The van der Waals surface area contributed by atoms with Crippen LogP contribution in [0.5, 0.6) is 5.75 Å². The van der Waals surface area contributed by atoms with Crippen molar-refractivity contribution in [3.63, 3.8) is 0 Å². The van der Waals surface area contributed by atoms with Crippen LogP contribution < -0.4 is 10.5 Å². The Morgan fingerprint density at radius 1 is 1.42 bits per heavy atom. The predicted octanol–water partition coefficient (Wildman–Crippen LogP) is 1.80. The van der Waals surface area contributed by atoms with E-state index in [9.17, 15) is 0 Å². The minimum Gasteiger partial charge on any atom is -0.450 e. The molecule has 1 heterocycles. The van der Waals surface area contributed by atoms with Crippen molar-refractivity contribution in [2.75, 3.05) is 0 Å². The third-order valence-corrected chi connectivity index (χ3v) is 2.18. The number of fused-ring (bicyclic) bond motifs is 1. The summed E-state index contributed by atoms with van der Waals surface area (Å²) in [5.41, 5.74) is 6.92. The van der Waals surface area contributed by atoms with Crippen molar-refractivity contribution in [3.05, 3.63) is 29.8 Å². The lowest BCUT2D eigenvalue weighted by Gasteiger charge is -2.22. The first-order chi connectivity index (χ1) is 5.77. The highest BCUT2D eigenvalue weighted by Gasteiger charge is 2.20. The van der Waals surface area contributed by atoms with E-state index in [0.29, 0.717) is 11.5 Å². The molecule has 3 heteroatoms. The minimum absolute atomic E-state index is 0.00227. The van der Waals surface area contributed by atoms with E-state index in [1.165, 1.54) is 0 Å². The third kappa shape index (κ3) is 1.21. The van der Waals surface area contributed by atoms with Crippen LogP contribution >= 0.6 is 12.2 Å². The highest BCUT2D eigenvalue weighted by Crippen LogP contribution is 2.30. The van der Waals surface area contributed by atoms with Gasteiger partial charge in [-0.1, -0.05) is 18.2 Å². The second-order valence-corrected chi connectivity index (χ2v) is 3.28. The molecule has 2 rings (SSSR count). The highest BCUT2D eigenvalue weighted by atomic mass is 32.1. The van der Waals surface area contributed by atoms with Gasteiger partial charge in [0.2, 0.25) is 0 Å². The Labute approximate surface area is 76.3 Å². The molecule has 0 spiro atoms. The Morgan fingerprint density at radius 3 is 3.00 bits per heavy atom. The van der Waals surface area contributed by atoms with Crippen LogP contribution in [-0.4, -0.2) is 5.05 Å². The summed E-state index contributed by atoms with van der Waals surface area (Å²) in [6.45, 7) is 0. The summed E-state index contributed by atoms with van der Waals surface area (Å²) in [5, 5.41) is 0.584. The summed E-state index contributed by atoms with van der Waals surface area (Å²) in [4.78, 5) is 0. The first-order valence-corrected chi connectivity index (χ1v) is 4.23. The van der Waals surface area contributed by atoms with E-state index < -0.39 is 0 Å². The summed E-state index contributed by atoms with van der Waals surface area (Å²) in [5.74, 6) is 0.807. The predicted molar refractivity (Wildman–Crippen MR) is 51.2 cm³/mol. The Hall–Kier alpha value is -0.930. The molecule has 2 N–H and O–H groups in total. The number of hydrogen-bond donors (Lipinski definition) is 1. The summed E-state index contributed by atoms with van der Waals surface area (Å²) < 4.78 is 5.35. The molecule has 1 unspecified atom stereocenters. The Kier molecular flexibility index (Phi) is 1.83. The van der Waals surface area contributed by atoms with E-state index in [2.05, 4.69) is 0 Å². The third-order valence-electron chi connectivity index (χ3n) is 1.93. The first kappa shape index (κ1) is 7.71. The van der Waals surface area contributed by atoms with Crippen LogP contribution in [0.1, 0.15) is 18.0 Å². The molecule has 2 nitrogen and oxygen atoms in total. The molecule has 62 valence electrons. The highest BCUT2D eigenvalue weighted by molar-refractivity contribution is 7.80. The van der Waals surface area contributed by atoms with Crippen LogP contribution in [-0.2, 0) is 0 Å². The second kappa shape index (κ2) is 2.84. The van der Waals surface area contributed by atoms with Crippen molar-refractivity contribution < 1.29 is 4.74 Å². The zero-order chi connectivity index (χ0) is 8.55. The van der Waals surface area contributed by atoms with E-state index in [-0.39, 0.29) is 6.04 Å². The summed E-state index contributed by atoms with van der Waals surface area (Å²) in [7, 11) is 0. The topological polar surface area (TPSA) is 35.2 Å². The Balaban J connectivity index is 2.47. The molecule has 0 saturated heterocycles. The van der Waals surface area contributed by atoms with Gasteiger partial charge in [-0.15, -0.1) is 0 Å². The lowest BCUT2D eigenvalue weighted by molar-refractivity contribution is 0.489. The fourth-order valence-corrected chi connectivity index (χ4v) is 1.60. The molecule has 0 radical (unpaired) electrons. The fourth-order valence-electron chi connectivity index (χ4n) is 1.33. The first-order valence-electron chi connectivity index (χ1n) is 3.82. The van der Waals surface area contributed by atoms with Gasteiger partial charge < -0.3 is 10.5 Å². The van der Waals surface area contributed by atoms with Crippen molar-refractivity contribution >= 4 is 17.3 Å². The van der Waals surface area contributed by atoms with E-state index in [1.807, 2.05) is 24.3 Å². The van der Waals surface area contributed by atoms with Gasteiger partial charge in [-0.25, -0.2) is 0 Å². The van der Waals surface area contributed by atoms with Gasteiger partial charge in [-0.2, -0.15) is 0 Å². The average Bonchev–Trinajstić information content (AvgIpc) is 2.04. The van der Waals surface area contributed by atoms with Crippen molar-refractivity contribution in [1.82, 2.24) is 0 Å². The maximum Gasteiger partial charge on any atom is 0.169 e. The number of nitrogens with two attached hydrogens (primary N) is 1. The molecule has 0 saturated carbocycles. The van der Waals surface area contributed by atoms with Crippen LogP contribution in [0.25, 0.3) is 0 Å². The number of ether oxygens (including phenoxy) is 1. The average molecular weight is 179 g/mol. The van der Waals surface area contributed by atoms with E-state index in [0.717, 1.165) is 11.3 Å². The molecule has 0 fully saturated rings. The number of para-hydroxylation sites is 1. The Bertz CT molecular complexity index is 324. The molecule has 12 heavy (non-hydrogen) atoms. The molecule has 1 aliphatic rings. The zero-order valence-electron chi connectivity index (χ0n) is 6.49. The normalized spacial score (nSPS) is 21.4. The van der Waals surface area contributed by atoms with Gasteiger partial charge in [0.15, 0.2) is 5.05 Å². The maximum atomic E-state index is 5.87. The quantitative estimate of drug-likeness (QED) is 0.617. The number of hydrogen-bond acceptors (Lipinski definition) is 3. The molecule has 0 aromatic heterocycles. The SMILES string of the molecule is NC1CC(=S)Oc2ccccc21. The smallest absolute Gasteiger partial charge is 0.169 e. The largest absolute Gasteiger partial charge is 0.450 e. The van der Waals surface area contributed by atoms with Crippen molar-refractivity contribution in [1.29, 1.82) is 0 Å². The van der Waals surface area contributed by atoms with Gasteiger partial charge in [0.05, 0.1) is 0 Å². The van der Waals surface area contributed by atoms with Crippen LogP contribution in [0.3, 0.4) is 0 Å². The Morgan fingerprint density at radius 2 is 2.17 bits per heavy atom.